The minimum atomic E-state index is -0.189. The Balaban J connectivity index is 2.20. The summed E-state index contributed by atoms with van der Waals surface area (Å²) in [4.78, 5) is 10.9. The lowest BCUT2D eigenvalue weighted by atomic mass is 10.3. The molecule has 1 aromatic rings. The smallest absolute Gasteiger partial charge is 0.245 e. The van der Waals surface area contributed by atoms with Crippen molar-refractivity contribution >= 4 is 0 Å². The number of rotatable bonds is 2. The highest BCUT2D eigenvalue weighted by atomic mass is 16.2. The molecule has 11 heavy (non-hydrogen) atoms. The van der Waals surface area contributed by atoms with E-state index < -0.39 is 0 Å². The van der Waals surface area contributed by atoms with Crippen molar-refractivity contribution in [3.63, 3.8) is 0 Å². The first-order chi connectivity index (χ1) is 5.33. The van der Waals surface area contributed by atoms with Crippen LogP contribution in [0.4, 0.5) is 0 Å². The van der Waals surface area contributed by atoms with Gasteiger partial charge in [0.25, 0.3) is 0 Å². The molecule has 1 aromatic heterocycles. The Labute approximate surface area is 63.4 Å². The van der Waals surface area contributed by atoms with Crippen LogP contribution in [0.2, 0.25) is 0 Å². The zero-order valence-electron chi connectivity index (χ0n) is 6.32. The number of aromatic nitrogens is 4. The molecule has 5 heteroatoms. The number of nitrogens with zero attached hydrogens (tertiary/aromatic N) is 3. The molecule has 60 valence electrons. The van der Waals surface area contributed by atoms with Crippen LogP contribution < -0.4 is 5.69 Å². The Kier molecular flexibility index (Phi) is 1.30. The van der Waals surface area contributed by atoms with Gasteiger partial charge in [-0.15, -0.1) is 0 Å². The van der Waals surface area contributed by atoms with E-state index in [0.29, 0.717) is 12.0 Å². The number of hydrogen-bond acceptors (Lipinski definition) is 3. The van der Waals surface area contributed by atoms with Gasteiger partial charge < -0.3 is 0 Å². The van der Waals surface area contributed by atoms with Crippen LogP contribution in [0.3, 0.4) is 0 Å². The maximum atomic E-state index is 10.9. The quantitative estimate of drug-likeness (QED) is 0.649. The van der Waals surface area contributed by atoms with Gasteiger partial charge in [0.15, 0.2) is 0 Å². The van der Waals surface area contributed by atoms with E-state index in [2.05, 4.69) is 22.4 Å². The van der Waals surface area contributed by atoms with Crippen molar-refractivity contribution in [3.05, 3.63) is 10.5 Å². The van der Waals surface area contributed by atoms with Crippen molar-refractivity contribution in [2.45, 2.75) is 25.8 Å². The third kappa shape index (κ3) is 0.961. The molecule has 2 atom stereocenters. The van der Waals surface area contributed by atoms with Crippen LogP contribution in [-0.2, 0) is 0 Å². The number of aromatic amines is 1. The monoisotopic (exact) mass is 154 g/mol. The van der Waals surface area contributed by atoms with Crippen molar-refractivity contribution in [2.75, 3.05) is 0 Å². The normalized spacial score (nSPS) is 28.8. The fourth-order valence-electron chi connectivity index (χ4n) is 1.39. The summed E-state index contributed by atoms with van der Waals surface area (Å²) in [6.07, 6.45) is 2.19. The van der Waals surface area contributed by atoms with E-state index in [1.54, 1.807) is 0 Å². The van der Waals surface area contributed by atoms with E-state index >= 15 is 0 Å². The van der Waals surface area contributed by atoms with Crippen LogP contribution in [0, 0.1) is 5.92 Å². The average molecular weight is 154 g/mol. The second kappa shape index (κ2) is 2.18. The average Bonchev–Trinajstić information content (AvgIpc) is 2.68. The third-order valence-electron chi connectivity index (χ3n) is 2.22. The van der Waals surface area contributed by atoms with Gasteiger partial charge in [0.05, 0.1) is 6.04 Å². The van der Waals surface area contributed by atoms with Crippen molar-refractivity contribution in [2.24, 2.45) is 5.92 Å². The molecule has 0 aliphatic heterocycles. The van der Waals surface area contributed by atoms with Crippen LogP contribution in [0.1, 0.15) is 25.8 Å². The van der Waals surface area contributed by atoms with Crippen LogP contribution >= 0.6 is 0 Å². The molecule has 0 bridgehead atoms. The Morgan fingerprint density at radius 1 is 1.82 bits per heavy atom. The molecule has 1 fully saturated rings. The molecule has 5 nitrogen and oxygen atoms in total. The van der Waals surface area contributed by atoms with Crippen molar-refractivity contribution in [1.82, 2.24) is 20.2 Å². The van der Waals surface area contributed by atoms with E-state index in [1.807, 2.05) is 0 Å². The highest BCUT2D eigenvalue weighted by Gasteiger charge is 2.39. The molecule has 0 radical (unpaired) electrons. The molecule has 1 aliphatic rings. The Morgan fingerprint density at radius 3 is 3.09 bits per heavy atom. The molecule has 0 saturated heterocycles. The van der Waals surface area contributed by atoms with Gasteiger partial charge in [-0.1, -0.05) is 13.3 Å². The Morgan fingerprint density at radius 2 is 2.64 bits per heavy atom. The van der Waals surface area contributed by atoms with Crippen molar-refractivity contribution in [1.29, 1.82) is 0 Å². The molecule has 2 rings (SSSR count). The summed E-state index contributed by atoms with van der Waals surface area (Å²) in [7, 11) is 0. The van der Waals surface area contributed by atoms with Gasteiger partial charge in [0.1, 0.15) is 0 Å². The van der Waals surface area contributed by atoms with Gasteiger partial charge in [-0.3, -0.25) is 0 Å². The second-order valence-electron chi connectivity index (χ2n) is 2.92. The van der Waals surface area contributed by atoms with E-state index in [0.717, 1.165) is 12.8 Å². The fraction of sp³-hybridized carbons (Fsp3) is 0.833. The molecular formula is C6H10N4O. The van der Waals surface area contributed by atoms with Crippen LogP contribution in [-0.4, -0.2) is 20.2 Å². The first-order valence-corrected chi connectivity index (χ1v) is 3.82. The molecule has 1 aliphatic carbocycles. The molecule has 2 unspecified atom stereocenters. The summed E-state index contributed by atoms with van der Waals surface area (Å²) in [6.45, 7) is 2.12. The highest BCUT2D eigenvalue weighted by Crippen LogP contribution is 2.43. The van der Waals surface area contributed by atoms with Gasteiger partial charge in [-0.2, -0.15) is 4.68 Å². The lowest BCUT2D eigenvalue weighted by molar-refractivity contribution is 0.545. The first-order valence-electron chi connectivity index (χ1n) is 3.82. The summed E-state index contributed by atoms with van der Waals surface area (Å²) >= 11 is 0. The zero-order valence-corrected chi connectivity index (χ0v) is 6.32. The maximum Gasteiger partial charge on any atom is 0.361 e. The minimum absolute atomic E-state index is 0.189. The largest absolute Gasteiger partial charge is 0.361 e. The topological polar surface area (TPSA) is 63.6 Å². The van der Waals surface area contributed by atoms with E-state index in [-0.39, 0.29) is 5.69 Å². The van der Waals surface area contributed by atoms with Gasteiger partial charge in [0, 0.05) is 0 Å². The highest BCUT2D eigenvalue weighted by molar-refractivity contribution is 4.89. The molecular weight excluding hydrogens is 144 g/mol. The van der Waals surface area contributed by atoms with E-state index in [1.165, 1.54) is 4.68 Å². The standard InChI is InChI=1S/C6H10N4O/c1-2-4-3-5(4)10-6(11)7-8-9-10/h4-5H,2-3H2,1H3,(H,7,9,11). The van der Waals surface area contributed by atoms with Crippen LogP contribution in [0.15, 0.2) is 4.79 Å². The van der Waals surface area contributed by atoms with Gasteiger partial charge in [0.2, 0.25) is 0 Å². The number of tetrazole rings is 1. The molecule has 1 N–H and O–H groups in total. The lowest BCUT2D eigenvalue weighted by Crippen LogP contribution is -2.17. The molecule has 0 aromatic carbocycles. The number of hydrogen-bond donors (Lipinski definition) is 1. The summed E-state index contributed by atoms with van der Waals surface area (Å²) < 4.78 is 1.44. The number of nitrogens with one attached hydrogen (secondary N) is 1. The van der Waals surface area contributed by atoms with Crippen molar-refractivity contribution in [3.8, 4) is 0 Å². The van der Waals surface area contributed by atoms with Gasteiger partial charge >= 0.3 is 5.69 Å². The Bertz CT molecular complexity index is 302. The molecule has 0 amide bonds. The lowest BCUT2D eigenvalue weighted by Gasteiger charge is -1.91. The van der Waals surface area contributed by atoms with E-state index in [4.69, 9.17) is 0 Å². The third-order valence-corrected chi connectivity index (χ3v) is 2.22. The van der Waals surface area contributed by atoms with Crippen LogP contribution in [0.25, 0.3) is 0 Å². The van der Waals surface area contributed by atoms with Crippen LogP contribution in [0.5, 0.6) is 0 Å². The minimum Gasteiger partial charge on any atom is -0.245 e. The predicted molar refractivity (Wildman–Crippen MR) is 38.1 cm³/mol. The second-order valence-corrected chi connectivity index (χ2v) is 2.92. The van der Waals surface area contributed by atoms with Crippen molar-refractivity contribution < 1.29 is 0 Å². The summed E-state index contributed by atoms with van der Waals surface area (Å²) in [5, 5.41) is 9.38. The SMILES string of the molecule is CCC1CC1n1nn[nH]c1=O. The molecule has 0 spiro atoms. The molecule has 1 saturated carbocycles. The first kappa shape index (κ1) is 6.57. The summed E-state index contributed by atoms with van der Waals surface area (Å²) in [6, 6.07) is 0.311. The zero-order chi connectivity index (χ0) is 7.84. The Hall–Kier alpha value is -1.13. The summed E-state index contributed by atoms with van der Waals surface area (Å²) in [5.74, 6) is 0.637. The predicted octanol–water partition coefficient (Wildman–Crippen LogP) is -0.0626. The van der Waals surface area contributed by atoms with E-state index in [9.17, 15) is 4.79 Å². The number of H-pyrrole nitrogens is 1. The molecule has 1 heterocycles. The van der Waals surface area contributed by atoms with Gasteiger partial charge in [-0.25, -0.2) is 9.89 Å². The van der Waals surface area contributed by atoms with Gasteiger partial charge in [-0.05, 0) is 22.8 Å². The fourth-order valence-corrected chi connectivity index (χ4v) is 1.39. The summed E-state index contributed by atoms with van der Waals surface area (Å²) in [5.41, 5.74) is -0.189. The maximum absolute atomic E-state index is 10.9.